The van der Waals surface area contributed by atoms with Gasteiger partial charge in [-0.05, 0) is 6.92 Å². The Bertz CT molecular complexity index is 125. The molecule has 0 saturated heterocycles. The van der Waals surface area contributed by atoms with Crippen LogP contribution in [0.15, 0.2) is 12.3 Å². The summed E-state index contributed by atoms with van der Waals surface area (Å²) < 4.78 is 20.3. The molecule has 0 bridgehead atoms. The molecule has 0 spiro atoms. The maximum Gasteiger partial charge on any atom is 0.111 e. The normalized spacial score (nSPS) is 11.0. The molecule has 0 aromatic heterocycles. The van der Waals surface area contributed by atoms with Gasteiger partial charge in [-0.2, -0.15) is 0 Å². The van der Waals surface area contributed by atoms with Gasteiger partial charge in [0.05, 0.1) is 39.3 Å². The van der Waals surface area contributed by atoms with E-state index < -0.39 is 0 Å². The van der Waals surface area contributed by atoms with Crippen LogP contribution in [-0.4, -0.2) is 46.8 Å². The van der Waals surface area contributed by atoms with Gasteiger partial charge >= 0.3 is 0 Å². The van der Waals surface area contributed by atoms with E-state index in [0.29, 0.717) is 39.6 Å². The van der Waals surface area contributed by atoms with Gasteiger partial charge in [-0.1, -0.05) is 6.08 Å². The Kier molecular flexibility index (Phi) is 11.9. The highest BCUT2D eigenvalue weighted by Crippen LogP contribution is 1.82. The minimum Gasteiger partial charge on any atom is -0.499 e. The first-order valence-corrected chi connectivity index (χ1v) is 4.79. The summed E-state index contributed by atoms with van der Waals surface area (Å²) in [5.41, 5.74) is 0. The van der Waals surface area contributed by atoms with Crippen molar-refractivity contribution >= 4 is 0 Å². The van der Waals surface area contributed by atoms with Crippen molar-refractivity contribution in [3.8, 4) is 0 Å². The van der Waals surface area contributed by atoms with Crippen molar-refractivity contribution in [3.63, 3.8) is 0 Å². The van der Waals surface area contributed by atoms with Crippen molar-refractivity contribution in [1.29, 1.82) is 0 Å². The van der Waals surface area contributed by atoms with E-state index in [4.69, 9.17) is 18.9 Å². The molecule has 0 aromatic carbocycles. The lowest BCUT2D eigenvalue weighted by Gasteiger charge is -2.05. The predicted molar refractivity (Wildman–Crippen MR) is 54.3 cm³/mol. The molecular formula is C10H20O4. The predicted octanol–water partition coefficient (Wildman–Crippen LogP) is 1.22. The van der Waals surface area contributed by atoms with Crippen LogP contribution in [0, 0.1) is 0 Å². The average molecular weight is 204 g/mol. The molecule has 0 saturated carbocycles. The quantitative estimate of drug-likeness (QED) is 0.396. The molecule has 0 unspecified atom stereocenters. The zero-order chi connectivity index (χ0) is 10.5. The van der Waals surface area contributed by atoms with Gasteiger partial charge in [-0.3, -0.25) is 0 Å². The molecule has 0 rings (SSSR count). The van der Waals surface area contributed by atoms with Gasteiger partial charge in [-0.15, -0.1) is 0 Å². The van der Waals surface area contributed by atoms with Crippen LogP contribution in [0.2, 0.25) is 0 Å². The SMILES string of the molecule is CC=COCCOCCOCCOC. The number of methoxy groups -OCH3 is 1. The molecule has 0 radical (unpaired) electrons. The van der Waals surface area contributed by atoms with Crippen LogP contribution in [0.4, 0.5) is 0 Å². The Balaban J connectivity index is 2.85. The molecular weight excluding hydrogens is 184 g/mol. The smallest absolute Gasteiger partial charge is 0.111 e. The molecule has 0 aliphatic carbocycles. The fourth-order valence-electron chi connectivity index (χ4n) is 0.736. The van der Waals surface area contributed by atoms with Gasteiger partial charge in [-0.25, -0.2) is 0 Å². The number of allylic oxidation sites excluding steroid dienone is 1. The van der Waals surface area contributed by atoms with E-state index in [9.17, 15) is 0 Å². The van der Waals surface area contributed by atoms with Gasteiger partial charge in [0.15, 0.2) is 0 Å². The Morgan fingerprint density at radius 3 is 2.00 bits per heavy atom. The van der Waals surface area contributed by atoms with Gasteiger partial charge in [0.1, 0.15) is 6.61 Å². The number of rotatable bonds is 10. The van der Waals surface area contributed by atoms with Crippen molar-refractivity contribution in [3.05, 3.63) is 12.3 Å². The molecule has 0 fully saturated rings. The molecule has 4 heteroatoms. The summed E-state index contributed by atoms with van der Waals surface area (Å²) in [5, 5.41) is 0. The lowest BCUT2D eigenvalue weighted by Crippen LogP contribution is -2.10. The molecule has 0 aliphatic rings. The van der Waals surface area contributed by atoms with Gasteiger partial charge in [0.25, 0.3) is 0 Å². The molecule has 0 atom stereocenters. The minimum absolute atomic E-state index is 0.586. The highest BCUT2D eigenvalue weighted by Gasteiger charge is 1.89. The van der Waals surface area contributed by atoms with E-state index in [1.165, 1.54) is 0 Å². The van der Waals surface area contributed by atoms with Crippen LogP contribution in [0.25, 0.3) is 0 Å². The summed E-state index contributed by atoms with van der Waals surface area (Å²) in [6.45, 7) is 5.54. The van der Waals surface area contributed by atoms with Crippen LogP contribution in [0.1, 0.15) is 6.92 Å². The van der Waals surface area contributed by atoms with Crippen molar-refractivity contribution in [2.24, 2.45) is 0 Å². The zero-order valence-corrected chi connectivity index (χ0v) is 9.03. The van der Waals surface area contributed by atoms with Crippen LogP contribution in [0.5, 0.6) is 0 Å². The molecule has 0 heterocycles. The first-order chi connectivity index (χ1) is 6.91. The summed E-state index contributed by atoms with van der Waals surface area (Å²) in [4.78, 5) is 0. The van der Waals surface area contributed by atoms with E-state index in [1.807, 2.05) is 13.0 Å². The fourth-order valence-corrected chi connectivity index (χ4v) is 0.736. The van der Waals surface area contributed by atoms with E-state index in [1.54, 1.807) is 13.4 Å². The Morgan fingerprint density at radius 2 is 1.43 bits per heavy atom. The summed E-state index contributed by atoms with van der Waals surface area (Å²) in [5.74, 6) is 0. The maximum absolute atomic E-state index is 5.24. The highest BCUT2D eigenvalue weighted by atomic mass is 16.5. The third-order valence-corrected chi connectivity index (χ3v) is 1.38. The Morgan fingerprint density at radius 1 is 0.857 bits per heavy atom. The molecule has 14 heavy (non-hydrogen) atoms. The van der Waals surface area contributed by atoms with Crippen molar-refractivity contribution in [1.82, 2.24) is 0 Å². The molecule has 0 N–H and O–H groups in total. The van der Waals surface area contributed by atoms with E-state index in [0.717, 1.165) is 0 Å². The third kappa shape index (κ3) is 11.4. The van der Waals surface area contributed by atoms with Gasteiger partial charge in [0.2, 0.25) is 0 Å². The van der Waals surface area contributed by atoms with E-state index in [-0.39, 0.29) is 0 Å². The highest BCUT2D eigenvalue weighted by molar-refractivity contribution is 4.64. The van der Waals surface area contributed by atoms with Crippen LogP contribution in [-0.2, 0) is 18.9 Å². The van der Waals surface area contributed by atoms with Crippen LogP contribution >= 0.6 is 0 Å². The van der Waals surface area contributed by atoms with Crippen molar-refractivity contribution in [2.75, 3.05) is 46.8 Å². The lowest BCUT2D eigenvalue weighted by molar-refractivity contribution is 0.0143. The standard InChI is InChI=1S/C10H20O4/c1-3-4-12-7-8-14-10-9-13-6-5-11-2/h3-4H,5-10H2,1-2H3. The third-order valence-electron chi connectivity index (χ3n) is 1.38. The van der Waals surface area contributed by atoms with E-state index in [2.05, 4.69) is 0 Å². The number of hydrogen-bond acceptors (Lipinski definition) is 4. The summed E-state index contributed by atoms with van der Waals surface area (Å²) in [6.07, 6.45) is 3.49. The topological polar surface area (TPSA) is 36.9 Å². The number of hydrogen-bond donors (Lipinski definition) is 0. The minimum atomic E-state index is 0.586. The van der Waals surface area contributed by atoms with Gasteiger partial charge < -0.3 is 18.9 Å². The van der Waals surface area contributed by atoms with Crippen molar-refractivity contribution in [2.45, 2.75) is 6.92 Å². The van der Waals surface area contributed by atoms with E-state index >= 15 is 0 Å². The Hall–Kier alpha value is -0.580. The average Bonchev–Trinajstić information content (AvgIpc) is 2.21. The number of ether oxygens (including phenoxy) is 4. The zero-order valence-electron chi connectivity index (χ0n) is 9.03. The van der Waals surface area contributed by atoms with Crippen molar-refractivity contribution < 1.29 is 18.9 Å². The summed E-state index contributed by atoms with van der Waals surface area (Å²) in [7, 11) is 1.65. The first-order valence-electron chi connectivity index (χ1n) is 4.79. The first kappa shape index (κ1) is 13.4. The molecule has 0 aromatic rings. The monoisotopic (exact) mass is 204 g/mol. The second-order valence-corrected chi connectivity index (χ2v) is 2.56. The summed E-state index contributed by atoms with van der Waals surface area (Å²) >= 11 is 0. The summed E-state index contributed by atoms with van der Waals surface area (Å²) in [6, 6.07) is 0. The molecule has 0 amide bonds. The second-order valence-electron chi connectivity index (χ2n) is 2.56. The lowest BCUT2D eigenvalue weighted by atomic mass is 10.7. The molecule has 4 nitrogen and oxygen atoms in total. The molecule has 0 aliphatic heterocycles. The van der Waals surface area contributed by atoms with Crippen LogP contribution in [0.3, 0.4) is 0 Å². The Labute approximate surface area is 85.8 Å². The second kappa shape index (κ2) is 12.4. The fraction of sp³-hybridized carbons (Fsp3) is 0.800. The maximum atomic E-state index is 5.24. The largest absolute Gasteiger partial charge is 0.499 e. The molecule has 84 valence electrons. The van der Waals surface area contributed by atoms with Crippen LogP contribution < -0.4 is 0 Å². The van der Waals surface area contributed by atoms with Gasteiger partial charge in [0, 0.05) is 7.11 Å².